The maximum absolute atomic E-state index is 14.0. The highest BCUT2D eigenvalue weighted by Gasteiger charge is 2.79. The molecule has 0 radical (unpaired) electrons. The van der Waals surface area contributed by atoms with Crippen molar-refractivity contribution in [3.63, 3.8) is 0 Å². The summed E-state index contributed by atoms with van der Waals surface area (Å²) >= 11 is 0. The lowest BCUT2D eigenvalue weighted by Crippen LogP contribution is -2.69. The van der Waals surface area contributed by atoms with Gasteiger partial charge in [0.05, 0.1) is 6.10 Å². The molecule has 0 unspecified atom stereocenters. The molecule has 2 spiro atoms. The standard InChI is InChI=1S/C24H36O3/c1-12(2)18-16-11-24-15(10-22(16,5)20(26)19(18)25)13(3)8-9-23(21(24)27)14(4)6-7-17(23)24/h12-15,17,19-20,25-26H,6-11H2,1-5H3/t13-,14-,15+,17+,19-,20-,22+,23-,24-/m1/s1. The average molecular weight is 373 g/mol. The lowest BCUT2D eigenvalue weighted by Gasteiger charge is -2.65. The SMILES string of the molecule is CC(C)C1=C2C[C@@]34C(=O)[C@@]5(CC[C@@H](C)[C@@H]3C[C@]2(C)[C@H](O)[C@@H]1O)[C@@H]4CC[C@H]5C. The summed E-state index contributed by atoms with van der Waals surface area (Å²) in [5.74, 6) is 2.72. The Morgan fingerprint density at radius 3 is 2.44 bits per heavy atom. The minimum atomic E-state index is -0.763. The molecule has 0 aromatic rings. The third-order valence-corrected chi connectivity index (χ3v) is 10.3. The predicted octanol–water partition coefficient (Wildman–Crippen LogP) is 4.12. The molecule has 0 saturated heterocycles. The fourth-order valence-corrected chi connectivity index (χ4v) is 8.94. The second kappa shape index (κ2) is 5.27. The lowest BCUT2D eigenvalue weighted by molar-refractivity contribution is -0.191. The van der Waals surface area contributed by atoms with E-state index in [4.69, 9.17) is 0 Å². The fourth-order valence-electron chi connectivity index (χ4n) is 8.94. The molecule has 0 aromatic carbocycles. The Morgan fingerprint density at radius 1 is 1.07 bits per heavy atom. The highest BCUT2D eigenvalue weighted by molar-refractivity contribution is 5.99. The number of fused-ring (bicyclic) bond motifs is 1. The van der Waals surface area contributed by atoms with E-state index in [1.165, 1.54) is 18.4 Å². The lowest BCUT2D eigenvalue weighted by atomic mass is 9.36. The number of hydrogen-bond donors (Lipinski definition) is 2. The minimum absolute atomic E-state index is 0.0505. The number of Topliss-reactive ketones (excluding diaryl/α,β-unsaturated/α-hetero) is 1. The topological polar surface area (TPSA) is 57.5 Å². The van der Waals surface area contributed by atoms with Crippen LogP contribution in [-0.4, -0.2) is 28.2 Å². The molecule has 3 nitrogen and oxygen atoms in total. The molecule has 5 aliphatic carbocycles. The Labute approximate surface area is 163 Å². The number of aliphatic hydroxyl groups is 2. The average Bonchev–Trinajstić information content (AvgIpc) is 2.95. The van der Waals surface area contributed by atoms with Gasteiger partial charge in [0.15, 0.2) is 0 Å². The largest absolute Gasteiger partial charge is 0.389 e. The first-order valence-corrected chi connectivity index (χ1v) is 11.3. The first kappa shape index (κ1) is 18.4. The summed E-state index contributed by atoms with van der Waals surface area (Å²) in [6, 6.07) is 0. The molecule has 150 valence electrons. The van der Waals surface area contributed by atoms with Crippen LogP contribution in [0.1, 0.15) is 73.1 Å². The quantitative estimate of drug-likeness (QED) is 0.681. The molecular weight excluding hydrogens is 336 g/mol. The summed E-state index contributed by atoms with van der Waals surface area (Å²) in [5, 5.41) is 21.9. The van der Waals surface area contributed by atoms with Crippen LogP contribution in [0, 0.1) is 45.8 Å². The van der Waals surface area contributed by atoms with Gasteiger partial charge in [0.25, 0.3) is 0 Å². The van der Waals surface area contributed by atoms with Gasteiger partial charge in [-0.1, -0.05) is 40.2 Å². The molecular formula is C24H36O3. The van der Waals surface area contributed by atoms with Gasteiger partial charge in [0.1, 0.15) is 11.9 Å². The van der Waals surface area contributed by atoms with Crippen LogP contribution in [0.15, 0.2) is 11.1 Å². The maximum atomic E-state index is 14.0. The van der Waals surface area contributed by atoms with Crippen LogP contribution in [0.2, 0.25) is 0 Å². The number of hydrogen-bond acceptors (Lipinski definition) is 3. The molecule has 4 saturated carbocycles. The molecule has 27 heavy (non-hydrogen) atoms. The van der Waals surface area contributed by atoms with Crippen LogP contribution in [0.3, 0.4) is 0 Å². The first-order valence-electron chi connectivity index (χ1n) is 11.3. The van der Waals surface area contributed by atoms with Crippen molar-refractivity contribution in [2.24, 2.45) is 45.8 Å². The molecule has 5 rings (SSSR count). The van der Waals surface area contributed by atoms with Gasteiger partial charge in [0.2, 0.25) is 0 Å². The van der Waals surface area contributed by atoms with E-state index in [-0.39, 0.29) is 22.2 Å². The van der Waals surface area contributed by atoms with Crippen LogP contribution in [0.5, 0.6) is 0 Å². The summed E-state index contributed by atoms with van der Waals surface area (Å²) in [5.41, 5.74) is 1.65. The van der Waals surface area contributed by atoms with Crippen LogP contribution < -0.4 is 0 Å². The maximum Gasteiger partial charge on any atom is 0.146 e. The van der Waals surface area contributed by atoms with Crippen molar-refractivity contribution in [1.29, 1.82) is 0 Å². The Kier molecular flexibility index (Phi) is 3.59. The highest BCUT2D eigenvalue weighted by atomic mass is 16.3. The van der Waals surface area contributed by atoms with Gasteiger partial charge < -0.3 is 10.2 Å². The van der Waals surface area contributed by atoms with Crippen LogP contribution in [0.25, 0.3) is 0 Å². The molecule has 0 heterocycles. The predicted molar refractivity (Wildman–Crippen MR) is 105 cm³/mol. The van der Waals surface area contributed by atoms with Gasteiger partial charge in [-0.3, -0.25) is 4.79 Å². The Morgan fingerprint density at radius 2 is 1.78 bits per heavy atom. The molecule has 4 fully saturated rings. The number of ketones is 1. The van der Waals surface area contributed by atoms with Crippen molar-refractivity contribution in [3.05, 3.63) is 11.1 Å². The van der Waals surface area contributed by atoms with Gasteiger partial charge in [-0.05, 0) is 73.7 Å². The monoisotopic (exact) mass is 372 g/mol. The zero-order valence-electron chi connectivity index (χ0n) is 17.6. The number of carbonyl (C=O) groups is 1. The number of aliphatic hydroxyl groups excluding tert-OH is 2. The molecule has 0 amide bonds. The zero-order chi connectivity index (χ0) is 19.5. The van der Waals surface area contributed by atoms with E-state index in [1.54, 1.807) is 0 Å². The Balaban J connectivity index is 1.68. The smallest absolute Gasteiger partial charge is 0.146 e. The van der Waals surface area contributed by atoms with Crippen molar-refractivity contribution >= 4 is 5.78 Å². The zero-order valence-corrected chi connectivity index (χ0v) is 17.6. The van der Waals surface area contributed by atoms with E-state index in [2.05, 4.69) is 34.6 Å². The van der Waals surface area contributed by atoms with E-state index in [0.717, 1.165) is 31.3 Å². The van der Waals surface area contributed by atoms with E-state index in [9.17, 15) is 15.0 Å². The third-order valence-electron chi connectivity index (χ3n) is 10.3. The van der Waals surface area contributed by atoms with Gasteiger partial charge in [-0.25, -0.2) is 0 Å². The first-order chi connectivity index (χ1) is 12.6. The summed E-state index contributed by atoms with van der Waals surface area (Å²) in [6.07, 6.45) is 4.79. The normalized spacial score (nSPS) is 56.5. The summed E-state index contributed by atoms with van der Waals surface area (Å²) in [6.45, 7) is 11.0. The summed E-state index contributed by atoms with van der Waals surface area (Å²) in [7, 11) is 0. The number of carbonyl (C=O) groups excluding carboxylic acids is 1. The highest BCUT2D eigenvalue weighted by Crippen LogP contribution is 2.79. The molecule has 0 aliphatic heterocycles. The number of rotatable bonds is 1. The molecule has 5 aliphatic rings. The van der Waals surface area contributed by atoms with Crippen LogP contribution >= 0.6 is 0 Å². The van der Waals surface area contributed by atoms with E-state index < -0.39 is 12.2 Å². The van der Waals surface area contributed by atoms with Gasteiger partial charge >= 0.3 is 0 Å². The van der Waals surface area contributed by atoms with Crippen molar-refractivity contribution in [2.75, 3.05) is 0 Å². The minimum Gasteiger partial charge on any atom is -0.389 e. The van der Waals surface area contributed by atoms with Crippen LogP contribution in [-0.2, 0) is 4.79 Å². The van der Waals surface area contributed by atoms with Crippen molar-refractivity contribution in [2.45, 2.75) is 85.4 Å². The third kappa shape index (κ3) is 1.77. The Bertz CT molecular complexity index is 738. The van der Waals surface area contributed by atoms with Crippen molar-refractivity contribution in [1.82, 2.24) is 0 Å². The molecule has 2 bridgehead atoms. The summed E-state index contributed by atoms with van der Waals surface area (Å²) in [4.78, 5) is 14.0. The van der Waals surface area contributed by atoms with Crippen molar-refractivity contribution in [3.8, 4) is 0 Å². The van der Waals surface area contributed by atoms with E-state index in [1.807, 2.05) is 0 Å². The van der Waals surface area contributed by atoms with E-state index >= 15 is 0 Å². The molecule has 2 N–H and O–H groups in total. The second-order valence-electron chi connectivity index (χ2n) is 11.3. The van der Waals surface area contributed by atoms with E-state index in [0.29, 0.717) is 29.5 Å². The van der Waals surface area contributed by atoms with Gasteiger partial charge in [-0.2, -0.15) is 0 Å². The van der Waals surface area contributed by atoms with Crippen LogP contribution in [0.4, 0.5) is 0 Å². The second-order valence-corrected chi connectivity index (χ2v) is 11.3. The molecule has 3 heteroatoms. The van der Waals surface area contributed by atoms with Gasteiger partial charge in [-0.15, -0.1) is 0 Å². The van der Waals surface area contributed by atoms with Crippen molar-refractivity contribution < 1.29 is 15.0 Å². The summed E-state index contributed by atoms with van der Waals surface area (Å²) < 4.78 is 0. The van der Waals surface area contributed by atoms with Gasteiger partial charge in [0, 0.05) is 16.2 Å². The molecule has 9 atom stereocenters. The molecule has 0 aromatic heterocycles. The fraction of sp³-hybridized carbons (Fsp3) is 0.875. The Hall–Kier alpha value is -0.670.